The lowest BCUT2D eigenvalue weighted by atomic mass is 9.98. The summed E-state index contributed by atoms with van der Waals surface area (Å²) in [7, 11) is 0. The van der Waals surface area contributed by atoms with E-state index < -0.39 is 29.8 Å². The lowest BCUT2D eigenvalue weighted by Gasteiger charge is -2.27. The Morgan fingerprint density at radius 3 is 2.04 bits per heavy atom. The molecular weight excluding hydrogens is 334 g/mol. The molecule has 0 saturated carbocycles. The van der Waals surface area contributed by atoms with Crippen LogP contribution in [0.2, 0.25) is 0 Å². The van der Waals surface area contributed by atoms with Crippen LogP contribution in [-0.4, -0.2) is 28.8 Å². The van der Waals surface area contributed by atoms with Crippen molar-refractivity contribution in [1.82, 2.24) is 5.32 Å². The predicted molar refractivity (Wildman–Crippen MR) is 95.0 cm³/mol. The van der Waals surface area contributed by atoms with E-state index in [4.69, 9.17) is 4.74 Å². The van der Waals surface area contributed by atoms with E-state index in [0.717, 1.165) is 11.1 Å². The zero-order valence-corrected chi connectivity index (χ0v) is 14.9. The minimum absolute atomic E-state index is 0.343. The Bertz CT molecular complexity index is 750. The molecule has 0 aliphatic carbocycles. The number of hydrogen-bond acceptors (Lipinski definition) is 5. The summed E-state index contributed by atoms with van der Waals surface area (Å²) in [4.78, 5) is 23.2. The normalized spacial score (nSPS) is 13.5. The average molecular weight is 356 g/mol. The lowest BCUT2D eigenvalue weighted by molar-refractivity contribution is -0.310. The first kappa shape index (κ1) is 19.5. The molecule has 138 valence electrons. The number of carbonyl (C=O) groups excluding carboxylic acids is 2. The van der Waals surface area contributed by atoms with Gasteiger partial charge in [0, 0.05) is 0 Å². The molecule has 2 N–H and O–H groups in total. The molecule has 26 heavy (non-hydrogen) atoms. The molecule has 6 nitrogen and oxygen atoms in total. The van der Waals surface area contributed by atoms with Crippen LogP contribution >= 0.6 is 0 Å². The number of aliphatic hydroxyl groups excluding tert-OH is 1. The maximum absolute atomic E-state index is 11.8. The second-order valence-corrected chi connectivity index (χ2v) is 6.88. The highest BCUT2D eigenvalue weighted by Gasteiger charge is 2.26. The van der Waals surface area contributed by atoms with Crippen molar-refractivity contribution in [3.05, 3.63) is 60.2 Å². The highest BCUT2D eigenvalue weighted by molar-refractivity contribution is 5.79. The van der Waals surface area contributed by atoms with Crippen LogP contribution in [0.25, 0.3) is 11.1 Å². The van der Waals surface area contributed by atoms with E-state index in [1.54, 1.807) is 45.0 Å². The SMILES string of the molecule is CC(C)(C)OC(=O)N[C@H](C(=O)[O-])[C@H](O)c1ccc(-c2ccccc2)cc1. The number of ether oxygens (including phenoxy) is 1. The molecule has 2 atom stereocenters. The summed E-state index contributed by atoms with van der Waals surface area (Å²) in [5, 5.41) is 23.9. The maximum Gasteiger partial charge on any atom is 0.408 e. The van der Waals surface area contributed by atoms with E-state index in [1.807, 2.05) is 30.3 Å². The summed E-state index contributed by atoms with van der Waals surface area (Å²) >= 11 is 0. The third kappa shape index (κ3) is 5.32. The van der Waals surface area contributed by atoms with Gasteiger partial charge in [-0.1, -0.05) is 54.6 Å². The zero-order chi connectivity index (χ0) is 19.3. The van der Waals surface area contributed by atoms with Crippen LogP contribution in [0.1, 0.15) is 32.4 Å². The van der Waals surface area contributed by atoms with Gasteiger partial charge in [0.2, 0.25) is 0 Å². The molecule has 6 heteroatoms. The van der Waals surface area contributed by atoms with Crippen LogP contribution in [0.5, 0.6) is 0 Å². The topological polar surface area (TPSA) is 98.7 Å². The highest BCUT2D eigenvalue weighted by atomic mass is 16.6. The van der Waals surface area contributed by atoms with Gasteiger partial charge in [-0.2, -0.15) is 0 Å². The monoisotopic (exact) mass is 356 g/mol. The number of carboxylic acids is 1. The number of aliphatic carboxylic acids is 1. The summed E-state index contributed by atoms with van der Waals surface area (Å²) in [5.41, 5.74) is 1.47. The molecule has 0 bridgehead atoms. The number of alkyl carbamates (subject to hydrolysis) is 1. The van der Waals surface area contributed by atoms with E-state index in [1.165, 1.54) is 0 Å². The molecule has 0 heterocycles. The Kier molecular flexibility index (Phi) is 6.00. The largest absolute Gasteiger partial charge is 0.548 e. The summed E-state index contributed by atoms with van der Waals surface area (Å²) in [5.74, 6) is -1.60. The van der Waals surface area contributed by atoms with Gasteiger partial charge in [-0.05, 0) is 37.5 Å². The lowest BCUT2D eigenvalue weighted by Crippen LogP contribution is -2.52. The summed E-state index contributed by atoms with van der Waals surface area (Å²) < 4.78 is 5.03. The molecule has 2 aromatic rings. The second kappa shape index (κ2) is 8.01. The molecule has 0 radical (unpaired) electrons. The van der Waals surface area contributed by atoms with Crippen LogP contribution in [0, 0.1) is 0 Å². The smallest absolute Gasteiger partial charge is 0.408 e. The summed E-state index contributed by atoms with van der Waals surface area (Å²) in [6.45, 7) is 4.96. The number of aliphatic hydroxyl groups is 1. The van der Waals surface area contributed by atoms with Gasteiger partial charge in [-0.15, -0.1) is 0 Å². The number of carboxylic acid groups (broad SMARTS) is 1. The van der Waals surface area contributed by atoms with E-state index in [-0.39, 0.29) is 0 Å². The predicted octanol–water partition coefficient (Wildman–Crippen LogP) is 2.03. The van der Waals surface area contributed by atoms with Gasteiger partial charge in [0.15, 0.2) is 0 Å². The summed E-state index contributed by atoms with van der Waals surface area (Å²) in [6, 6.07) is 14.8. The average Bonchev–Trinajstić information content (AvgIpc) is 2.58. The van der Waals surface area contributed by atoms with Crippen molar-refractivity contribution in [2.24, 2.45) is 0 Å². The first-order valence-corrected chi connectivity index (χ1v) is 8.21. The van der Waals surface area contributed by atoms with Crippen LogP contribution in [0.4, 0.5) is 4.79 Å². The second-order valence-electron chi connectivity index (χ2n) is 6.88. The zero-order valence-electron chi connectivity index (χ0n) is 14.9. The fraction of sp³-hybridized carbons (Fsp3) is 0.300. The van der Waals surface area contributed by atoms with E-state index in [2.05, 4.69) is 5.32 Å². The van der Waals surface area contributed by atoms with Gasteiger partial charge in [-0.25, -0.2) is 4.79 Å². The molecule has 0 aliphatic heterocycles. The van der Waals surface area contributed by atoms with Gasteiger partial charge in [0.05, 0.1) is 5.97 Å². The van der Waals surface area contributed by atoms with Gasteiger partial charge in [-0.3, -0.25) is 0 Å². The van der Waals surface area contributed by atoms with Gasteiger partial charge < -0.3 is 25.1 Å². The van der Waals surface area contributed by atoms with Crippen molar-refractivity contribution in [3.63, 3.8) is 0 Å². The minimum Gasteiger partial charge on any atom is -0.548 e. The number of carbonyl (C=O) groups is 2. The molecule has 0 unspecified atom stereocenters. The van der Waals surface area contributed by atoms with E-state index >= 15 is 0 Å². The fourth-order valence-electron chi connectivity index (χ4n) is 2.40. The molecule has 2 aromatic carbocycles. The van der Waals surface area contributed by atoms with E-state index in [0.29, 0.717) is 5.56 Å². The Hall–Kier alpha value is -2.86. The summed E-state index contributed by atoms with van der Waals surface area (Å²) in [6.07, 6.45) is -2.41. The molecule has 2 rings (SSSR count). The molecule has 0 aliphatic rings. The minimum atomic E-state index is -1.63. The number of hydrogen-bond donors (Lipinski definition) is 2. The van der Waals surface area contributed by atoms with Crippen LogP contribution in [0.15, 0.2) is 54.6 Å². The number of benzene rings is 2. The van der Waals surface area contributed by atoms with Gasteiger partial charge in [0.25, 0.3) is 0 Å². The van der Waals surface area contributed by atoms with Crippen molar-refractivity contribution in [2.45, 2.75) is 38.5 Å². The molecule has 0 spiro atoms. The van der Waals surface area contributed by atoms with Crippen molar-refractivity contribution >= 4 is 12.1 Å². The number of nitrogens with one attached hydrogen (secondary N) is 1. The fourth-order valence-corrected chi connectivity index (χ4v) is 2.40. The van der Waals surface area contributed by atoms with E-state index in [9.17, 15) is 19.8 Å². The van der Waals surface area contributed by atoms with Gasteiger partial charge in [0.1, 0.15) is 17.7 Å². The maximum atomic E-state index is 11.8. The Morgan fingerprint density at radius 2 is 1.54 bits per heavy atom. The molecule has 0 fully saturated rings. The van der Waals surface area contributed by atoms with Crippen molar-refractivity contribution in [2.75, 3.05) is 0 Å². The third-order valence-corrected chi connectivity index (χ3v) is 3.60. The number of amides is 1. The van der Waals surface area contributed by atoms with Crippen molar-refractivity contribution in [1.29, 1.82) is 0 Å². The quantitative estimate of drug-likeness (QED) is 0.854. The Labute approximate surface area is 152 Å². The Morgan fingerprint density at radius 1 is 1.00 bits per heavy atom. The van der Waals surface area contributed by atoms with Crippen LogP contribution in [-0.2, 0) is 9.53 Å². The molecule has 0 aromatic heterocycles. The van der Waals surface area contributed by atoms with Crippen LogP contribution < -0.4 is 10.4 Å². The van der Waals surface area contributed by atoms with Crippen LogP contribution in [0.3, 0.4) is 0 Å². The molecule has 1 amide bonds. The highest BCUT2D eigenvalue weighted by Crippen LogP contribution is 2.23. The molecular formula is C20H22NO5-. The van der Waals surface area contributed by atoms with Crippen molar-refractivity contribution in [3.8, 4) is 11.1 Å². The first-order chi connectivity index (χ1) is 12.2. The van der Waals surface area contributed by atoms with Crippen molar-refractivity contribution < 1.29 is 24.5 Å². The number of rotatable bonds is 5. The molecule has 0 saturated heterocycles. The Balaban J connectivity index is 2.14. The standard InChI is InChI=1S/C20H23NO5/c1-20(2,3)26-19(25)21-16(18(23)24)17(22)15-11-9-14(10-12-15)13-7-5-4-6-8-13/h4-12,16-17,22H,1-3H3,(H,21,25)(H,23,24)/p-1/t16-,17+/m0/s1. The van der Waals surface area contributed by atoms with Gasteiger partial charge >= 0.3 is 6.09 Å². The first-order valence-electron chi connectivity index (χ1n) is 8.21. The third-order valence-electron chi connectivity index (χ3n) is 3.60.